The van der Waals surface area contributed by atoms with Crippen LogP contribution in [0.2, 0.25) is 0 Å². The van der Waals surface area contributed by atoms with E-state index < -0.39 is 0 Å². The predicted octanol–water partition coefficient (Wildman–Crippen LogP) is 6.29. The highest BCUT2D eigenvalue weighted by atomic mass is 35.5. The summed E-state index contributed by atoms with van der Waals surface area (Å²) < 4.78 is 0. The van der Waals surface area contributed by atoms with E-state index in [2.05, 4.69) is 24.3 Å². The highest BCUT2D eigenvalue weighted by Crippen LogP contribution is 2.64. The highest BCUT2D eigenvalue weighted by Gasteiger charge is 2.51. The zero-order chi connectivity index (χ0) is 14.0. The molecule has 0 nitrogen and oxygen atoms in total. The van der Waals surface area contributed by atoms with Crippen molar-refractivity contribution in [2.75, 3.05) is 0 Å². The molecular formula is C16H12Cl4. The Morgan fingerprint density at radius 2 is 1.10 bits per heavy atom. The summed E-state index contributed by atoms with van der Waals surface area (Å²) in [6.07, 6.45) is 2.29. The summed E-state index contributed by atoms with van der Waals surface area (Å²) in [6, 6.07) is 8.63. The van der Waals surface area contributed by atoms with Gasteiger partial charge in [0.2, 0.25) is 0 Å². The molecule has 1 saturated carbocycles. The second kappa shape index (κ2) is 4.68. The van der Waals surface area contributed by atoms with Gasteiger partial charge in [-0.15, -0.1) is 0 Å². The first-order chi connectivity index (χ1) is 9.61. The van der Waals surface area contributed by atoms with Crippen LogP contribution in [0.15, 0.2) is 44.4 Å². The van der Waals surface area contributed by atoms with Crippen LogP contribution in [0.4, 0.5) is 0 Å². The van der Waals surface area contributed by atoms with E-state index in [-0.39, 0.29) is 11.8 Å². The number of fused-ring (bicyclic) bond motifs is 1. The average Bonchev–Trinajstić information content (AvgIpc) is 2.50. The summed E-state index contributed by atoms with van der Waals surface area (Å²) >= 11 is 25.6. The first-order valence-electron chi connectivity index (χ1n) is 6.80. The maximum Gasteiger partial charge on any atom is 0.0752 e. The average molecular weight is 346 g/mol. The minimum absolute atomic E-state index is 0.188. The van der Waals surface area contributed by atoms with Crippen molar-refractivity contribution in [1.82, 2.24) is 0 Å². The molecule has 0 N–H and O–H groups in total. The van der Waals surface area contributed by atoms with Gasteiger partial charge >= 0.3 is 0 Å². The van der Waals surface area contributed by atoms with E-state index >= 15 is 0 Å². The van der Waals surface area contributed by atoms with Crippen molar-refractivity contribution < 1.29 is 0 Å². The fourth-order valence-corrected chi connectivity index (χ4v) is 5.59. The zero-order valence-corrected chi connectivity index (χ0v) is 13.6. The summed E-state index contributed by atoms with van der Waals surface area (Å²) in [4.78, 5) is 0. The van der Waals surface area contributed by atoms with Crippen LogP contribution in [0.1, 0.15) is 35.8 Å². The van der Waals surface area contributed by atoms with E-state index in [1.54, 1.807) is 0 Å². The van der Waals surface area contributed by atoms with E-state index in [4.69, 9.17) is 46.4 Å². The van der Waals surface area contributed by atoms with Crippen molar-refractivity contribution >= 4 is 46.4 Å². The fraction of sp³-hybridized carbons (Fsp3) is 0.375. The van der Waals surface area contributed by atoms with Gasteiger partial charge in [-0.2, -0.15) is 0 Å². The lowest BCUT2D eigenvalue weighted by Gasteiger charge is -2.51. The predicted molar refractivity (Wildman–Crippen MR) is 85.6 cm³/mol. The van der Waals surface area contributed by atoms with Gasteiger partial charge in [-0.25, -0.2) is 0 Å². The van der Waals surface area contributed by atoms with Crippen molar-refractivity contribution in [1.29, 1.82) is 0 Å². The maximum absolute atomic E-state index is 6.53. The highest BCUT2D eigenvalue weighted by molar-refractivity contribution is 6.51. The number of hydrogen-bond donors (Lipinski definition) is 0. The monoisotopic (exact) mass is 344 g/mol. The Labute approximate surface area is 138 Å². The molecule has 2 bridgehead atoms. The van der Waals surface area contributed by atoms with Gasteiger partial charge in [0.15, 0.2) is 0 Å². The van der Waals surface area contributed by atoms with Gasteiger partial charge in [0.25, 0.3) is 0 Å². The Hall–Kier alpha value is -0.140. The number of allylic oxidation sites excluding steroid dienone is 4. The SMILES string of the molecule is ClC1=C(Cl)[C@@H]2[C@H](C(Cl)=C1Cl)[C@H]1CC[C@@H]2c2ccccc21. The van der Waals surface area contributed by atoms with E-state index in [0.717, 1.165) is 12.8 Å². The molecular weight excluding hydrogens is 334 g/mol. The largest absolute Gasteiger partial charge is 0.0871 e. The zero-order valence-electron chi connectivity index (χ0n) is 10.5. The van der Waals surface area contributed by atoms with Crippen molar-refractivity contribution in [2.24, 2.45) is 11.8 Å². The number of halogens is 4. The smallest absolute Gasteiger partial charge is 0.0752 e. The van der Waals surface area contributed by atoms with Gasteiger partial charge in [0.05, 0.1) is 10.1 Å². The van der Waals surface area contributed by atoms with E-state index in [9.17, 15) is 0 Å². The molecule has 4 aliphatic rings. The molecule has 4 atom stereocenters. The number of benzene rings is 1. The summed E-state index contributed by atoms with van der Waals surface area (Å²) in [5.74, 6) is 1.18. The van der Waals surface area contributed by atoms with Gasteiger partial charge < -0.3 is 0 Å². The molecule has 5 rings (SSSR count). The molecule has 0 saturated heterocycles. The van der Waals surface area contributed by atoms with Crippen LogP contribution in [0.25, 0.3) is 0 Å². The van der Waals surface area contributed by atoms with Crippen molar-refractivity contribution in [3.63, 3.8) is 0 Å². The third-order valence-electron chi connectivity index (χ3n) is 5.03. The Kier molecular flexibility index (Phi) is 3.16. The third-order valence-corrected chi connectivity index (χ3v) is 6.99. The van der Waals surface area contributed by atoms with Crippen molar-refractivity contribution in [3.8, 4) is 0 Å². The molecule has 4 aliphatic carbocycles. The molecule has 0 aromatic heterocycles. The normalized spacial score (nSPS) is 35.2. The van der Waals surface area contributed by atoms with Crippen LogP contribution in [0.5, 0.6) is 0 Å². The Bertz CT molecular complexity index is 601. The molecule has 0 amide bonds. The standard InChI is InChI=1S/C16H12Cl4/c17-13-11-9-5-6-10(8-4-2-1-3-7(8)9)12(11)14(18)16(20)15(13)19/h1-4,9-12H,5-6H2/t9-,10+,11+,12-. The molecule has 0 unspecified atom stereocenters. The first-order valence-corrected chi connectivity index (χ1v) is 8.32. The molecule has 20 heavy (non-hydrogen) atoms. The Morgan fingerprint density at radius 3 is 1.50 bits per heavy atom. The summed E-state index contributed by atoms with van der Waals surface area (Å²) in [5.41, 5.74) is 2.82. The lowest BCUT2D eigenvalue weighted by atomic mass is 9.55. The molecule has 0 heterocycles. The van der Waals surface area contributed by atoms with Crippen molar-refractivity contribution in [3.05, 3.63) is 55.5 Å². The lowest BCUT2D eigenvalue weighted by molar-refractivity contribution is 0.216. The number of hydrogen-bond acceptors (Lipinski definition) is 0. The first kappa shape index (κ1) is 13.5. The van der Waals surface area contributed by atoms with Crippen LogP contribution >= 0.6 is 46.4 Å². The van der Waals surface area contributed by atoms with Gasteiger partial charge in [-0.1, -0.05) is 70.7 Å². The lowest BCUT2D eigenvalue weighted by Crippen LogP contribution is -2.40. The summed E-state index contributed by atoms with van der Waals surface area (Å²) in [7, 11) is 0. The molecule has 1 aromatic carbocycles. The van der Waals surface area contributed by atoms with Crippen LogP contribution in [-0.2, 0) is 0 Å². The fourth-order valence-electron chi connectivity index (χ4n) is 4.27. The van der Waals surface area contributed by atoms with Gasteiger partial charge in [-0.3, -0.25) is 0 Å². The van der Waals surface area contributed by atoms with Gasteiger partial charge in [-0.05, 0) is 35.8 Å². The second-order valence-electron chi connectivity index (χ2n) is 5.79. The topological polar surface area (TPSA) is 0 Å². The van der Waals surface area contributed by atoms with E-state index in [1.165, 1.54) is 11.1 Å². The van der Waals surface area contributed by atoms with Crippen LogP contribution in [0, 0.1) is 11.8 Å². The summed E-state index contributed by atoms with van der Waals surface area (Å²) in [5, 5.41) is 2.25. The Morgan fingerprint density at radius 1 is 0.700 bits per heavy atom. The molecule has 0 spiro atoms. The minimum Gasteiger partial charge on any atom is -0.0871 e. The third kappa shape index (κ3) is 1.63. The molecule has 0 radical (unpaired) electrons. The second-order valence-corrected chi connectivity index (χ2v) is 7.36. The van der Waals surface area contributed by atoms with E-state index in [1.807, 2.05) is 0 Å². The molecule has 1 fully saturated rings. The van der Waals surface area contributed by atoms with E-state index in [0.29, 0.717) is 32.0 Å². The maximum atomic E-state index is 6.53. The quantitative estimate of drug-likeness (QED) is 0.518. The van der Waals surface area contributed by atoms with Gasteiger partial charge in [0.1, 0.15) is 0 Å². The summed E-state index contributed by atoms with van der Waals surface area (Å²) in [6.45, 7) is 0. The molecule has 4 heteroatoms. The van der Waals surface area contributed by atoms with Crippen LogP contribution in [-0.4, -0.2) is 0 Å². The number of rotatable bonds is 0. The molecule has 1 aromatic rings. The van der Waals surface area contributed by atoms with Crippen LogP contribution in [0.3, 0.4) is 0 Å². The van der Waals surface area contributed by atoms with Crippen LogP contribution < -0.4 is 0 Å². The van der Waals surface area contributed by atoms with Crippen molar-refractivity contribution in [2.45, 2.75) is 24.7 Å². The molecule has 104 valence electrons. The Balaban J connectivity index is 1.96. The molecule has 0 aliphatic heterocycles. The van der Waals surface area contributed by atoms with Gasteiger partial charge in [0, 0.05) is 21.9 Å². The minimum atomic E-state index is 0.188.